The highest BCUT2D eigenvalue weighted by molar-refractivity contribution is 5.95. The van der Waals surface area contributed by atoms with Crippen LogP contribution in [0.4, 0.5) is 4.39 Å². The van der Waals surface area contributed by atoms with Gasteiger partial charge in [-0.05, 0) is 50.6 Å². The number of benzene rings is 1. The second kappa shape index (κ2) is 8.74. The molecule has 0 spiro atoms. The van der Waals surface area contributed by atoms with Crippen LogP contribution in [0.25, 0.3) is 39.2 Å². The molecule has 1 aromatic carbocycles. The summed E-state index contributed by atoms with van der Waals surface area (Å²) in [6.45, 7) is 6.40. The number of aliphatic hydroxyl groups is 1. The lowest BCUT2D eigenvalue weighted by atomic mass is 10.0. The molecular formula is C26H26FN5O3. The summed E-state index contributed by atoms with van der Waals surface area (Å²) in [7, 11) is 0. The van der Waals surface area contributed by atoms with Crippen molar-refractivity contribution in [1.29, 1.82) is 0 Å². The maximum absolute atomic E-state index is 13.6. The van der Waals surface area contributed by atoms with Crippen LogP contribution in [0.2, 0.25) is 0 Å². The third-order valence-electron chi connectivity index (χ3n) is 5.93. The molecule has 180 valence electrons. The number of halogens is 1. The third-order valence-corrected chi connectivity index (χ3v) is 5.93. The first-order valence-corrected chi connectivity index (χ1v) is 11.4. The maximum atomic E-state index is 13.6. The lowest BCUT2D eigenvalue weighted by Gasteiger charge is -2.25. The lowest BCUT2D eigenvalue weighted by Crippen LogP contribution is -2.33. The van der Waals surface area contributed by atoms with Gasteiger partial charge in [-0.1, -0.05) is 6.08 Å². The molecule has 0 radical (unpaired) electrons. The van der Waals surface area contributed by atoms with E-state index < -0.39 is 5.60 Å². The highest BCUT2D eigenvalue weighted by Gasteiger charge is 2.24. The molecule has 0 atom stereocenters. The summed E-state index contributed by atoms with van der Waals surface area (Å²) in [6, 6.07) is 7.99. The fourth-order valence-electron chi connectivity index (χ4n) is 4.31. The second-order valence-corrected chi connectivity index (χ2v) is 9.42. The van der Waals surface area contributed by atoms with Gasteiger partial charge in [0.2, 0.25) is 11.6 Å². The first kappa shape index (κ1) is 22.9. The zero-order valence-corrected chi connectivity index (χ0v) is 19.8. The van der Waals surface area contributed by atoms with E-state index in [1.54, 1.807) is 42.5 Å². The quantitative estimate of drug-likeness (QED) is 0.462. The van der Waals surface area contributed by atoms with Crippen molar-refractivity contribution in [3.63, 3.8) is 0 Å². The second-order valence-electron chi connectivity index (χ2n) is 9.42. The highest BCUT2D eigenvalue weighted by atomic mass is 19.1. The summed E-state index contributed by atoms with van der Waals surface area (Å²) < 4.78 is 21.3. The van der Waals surface area contributed by atoms with Gasteiger partial charge in [0.1, 0.15) is 23.6 Å². The molecule has 5 rings (SSSR count). The van der Waals surface area contributed by atoms with Gasteiger partial charge in [0.15, 0.2) is 0 Å². The van der Waals surface area contributed by atoms with Crippen LogP contribution in [0, 0.1) is 5.82 Å². The van der Waals surface area contributed by atoms with Crippen LogP contribution in [-0.4, -0.2) is 54.4 Å². The summed E-state index contributed by atoms with van der Waals surface area (Å²) in [4.78, 5) is 22.5. The summed E-state index contributed by atoms with van der Waals surface area (Å²) in [6.07, 6.45) is 6.09. The van der Waals surface area contributed by atoms with Crippen molar-refractivity contribution in [3.8, 4) is 22.5 Å². The van der Waals surface area contributed by atoms with Gasteiger partial charge in [-0.15, -0.1) is 0 Å². The number of hydrogen-bond donors (Lipinski definition) is 1. The minimum atomic E-state index is -0.983. The standard InChI is InChI=1S/C26H26FN5O3/c1-16(33)31-10-4-5-18(12-31)22-11-20-24(28-15-29-25(20)35-22)21-13-32(14-26(2,3)34)30-23(21)17-6-8-19(27)9-7-17/h5-9,11,13,15,34H,4,10,12,14H2,1-3H3. The summed E-state index contributed by atoms with van der Waals surface area (Å²) in [5.74, 6) is 0.325. The average molecular weight is 476 g/mol. The van der Waals surface area contributed by atoms with E-state index in [2.05, 4.69) is 16.0 Å². The number of rotatable bonds is 5. The van der Waals surface area contributed by atoms with E-state index in [0.29, 0.717) is 46.9 Å². The predicted octanol–water partition coefficient (Wildman–Crippen LogP) is 4.30. The molecule has 35 heavy (non-hydrogen) atoms. The van der Waals surface area contributed by atoms with E-state index in [-0.39, 0.29) is 18.3 Å². The van der Waals surface area contributed by atoms with Crippen LogP contribution < -0.4 is 0 Å². The molecule has 1 aliphatic rings. The Kier molecular flexibility index (Phi) is 5.72. The molecule has 0 saturated carbocycles. The van der Waals surface area contributed by atoms with E-state index in [4.69, 9.17) is 9.52 Å². The smallest absolute Gasteiger partial charge is 0.230 e. The van der Waals surface area contributed by atoms with Crippen molar-refractivity contribution in [2.45, 2.75) is 39.3 Å². The Labute approximate surface area is 201 Å². The Hall–Kier alpha value is -3.85. The molecule has 0 saturated heterocycles. The topological polar surface area (TPSA) is 97.3 Å². The van der Waals surface area contributed by atoms with Gasteiger partial charge in [-0.2, -0.15) is 5.10 Å². The monoisotopic (exact) mass is 475 g/mol. The van der Waals surface area contributed by atoms with Crippen LogP contribution in [0.15, 0.2) is 53.3 Å². The van der Waals surface area contributed by atoms with Crippen molar-refractivity contribution in [1.82, 2.24) is 24.6 Å². The lowest BCUT2D eigenvalue weighted by molar-refractivity contribution is -0.128. The molecule has 8 nitrogen and oxygen atoms in total. The van der Waals surface area contributed by atoms with E-state index >= 15 is 0 Å². The molecule has 3 aromatic heterocycles. The first-order valence-electron chi connectivity index (χ1n) is 11.4. The van der Waals surface area contributed by atoms with Crippen LogP contribution in [-0.2, 0) is 11.3 Å². The Morgan fingerprint density at radius 1 is 1.20 bits per heavy atom. The van der Waals surface area contributed by atoms with Crippen LogP contribution >= 0.6 is 0 Å². The number of nitrogens with zero attached hydrogens (tertiary/aromatic N) is 5. The van der Waals surface area contributed by atoms with E-state index in [9.17, 15) is 14.3 Å². The number of furan rings is 1. The van der Waals surface area contributed by atoms with Gasteiger partial charge in [-0.3, -0.25) is 9.48 Å². The first-order chi connectivity index (χ1) is 16.7. The summed E-state index contributed by atoms with van der Waals surface area (Å²) in [5.41, 5.74) is 3.02. The molecule has 4 heterocycles. The zero-order valence-electron chi connectivity index (χ0n) is 19.8. The number of fused-ring (bicyclic) bond motifs is 1. The Bertz CT molecular complexity index is 1430. The molecule has 1 N–H and O–H groups in total. The fraction of sp³-hybridized carbons (Fsp3) is 0.308. The predicted molar refractivity (Wildman–Crippen MR) is 130 cm³/mol. The normalized spacial score (nSPS) is 14.4. The number of aromatic nitrogens is 4. The molecule has 1 aliphatic heterocycles. The third kappa shape index (κ3) is 4.72. The van der Waals surface area contributed by atoms with Gasteiger partial charge in [0, 0.05) is 42.9 Å². The molecule has 0 bridgehead atoms. The van der Waals surface area contributed by atoms with E-state index in [1.165, 1.54) is 18.5 Å². The van der Waals surface area contributed by atoms with Gasteiger partial charge >= 0.3 is 0 Å². The van der Waals surface area contributed by atoms with Crippen molar-refractivity contribution in [3.05, 3.63) is 60.5 Å². The average Bonchev–Trinajstić information content (AvgIpc) is 3.43. The minimum Gasteiger partial charge on any atom is -0.438 e. The van der Waals surface area contributed by atoms with Crippen molar-refractivity contribution in [2.75, 3.05) is 13.1 Å². The zero-order chi connectivity index (χ0) is 24.7. The number of hydrogen-bond acceptors (Lipinski definition) is 6. The van der Waals surface area contributed by atoms with Crippen molar-refractivity contribution < 1.29 is 18.7 Å². The molecule has 1 amide bonds. The molecular weight excluding hydrogens is 449 g/mol. The van der Waals surface area contributed by atoms with Crippen molar-refractivity contribution in [2.24, 2.45) is 0 Å². The molecule has 0 aliphatic carbocycles. The van der Waals surface area contributed by atoms with Crippen LogP contribution in [0.1, 0.15) is 33.0 Å². The van der Waals surface area contributed by atoms with Crippen molar-refractivity contribution >= 4 is 22.6 Å². The molecule has 9 heteroatoms. The van der Waals surface area contributed by atoms with Gasteiger partial charge in [0.25, 0.3) is 0 Å². The minimum absolute atomic E-state index is 0.0235. The van der Waals surface area contributed by atoms with Crippen LogP contribution in [0.3, 0.4) is 0 Å². The Balaban J connectivity index is 1.62. The fourth-order valence-corrected chi connectivity index (χ4v) is 4.31. The summed E-state index contributed by atoms with van der Waals surface area (Å²) >= 11 is 0. The molecule has 0 fully saturated rings. The molecule has 0 unspecified atom stereocenters. The van der Waals surface area contributed by atoms with Crippen LogP contribution in [0.5, 0.6) is 0 Å². The van der Waals surface area contributed by atoms with Gasteiger partial charge in [0.05, 0.1) is 23.2 Å². The SMILES string of the molecule is CC(=O)N1CCC=C(c2cc3c(-c4cn(CC(C)(C)O)nc4-c4ccc(F)cc4)ncnc3o2)C1. The highest BCUT2D eigenvalue weighted by Crippen LogP contribution is 2.36. The largest absolute Gasteiger partial charge is 0.438 e. The van der Waals surface area contributed by atoms with E-state index in [0.717, 1.165) is 17.6 Å². The maximum Gasteiger partial charge on any atom is 0.230 e. The van der Waals surface area contributed by atoms with Gasteiger partial charge < -0.3 is 14.4 Å². The Morgan fingerprint density at radius 2 is 1.97 bits per heavy atom. The number of carbonyl (C=O) groups excluding carboxylic acids is 1. The number of amides is 1. The number of carbonyl (C=O) groups is 1. The molecule has 4 aromatic rings. The Morgan fingerprint density at radius 3 is 2.69 bits per heavy atom. The summed E-state index contributed by atoms with van der Waals surface area (Å²) in [5, 5.41) is 15.7. The van der Waals surface area contributed by atoms with E-state index in [1.807, 2.05) is 12.3 Å². The van der Waals surface area contributed by atoms with Gasteiger partial charge in [-0.25, -0.2) is 14.4 Å².